The molecule has 0 amide bonds. The van der Waals surface area contributed by atoms with Gasteiger partial charge in [-0.05, 0) is 78.6 Å². The molecule has 4 rings (SSSR count). The van der Waals surface area contributed by atoms with Gasteiger partial charge in [0, 0.05) is 10.2 Å². The molecule has 2 nitrogen and oxygen atoms in total. The summed E-state index contributed by atoms with van der Waals surface area (Å²) < 4.78 is 20.0. The molecule has 3 aromatic carbocycles. The van der Waals surface area contributed by atoms with Gasteiger partial charge in [-0.2, -0.15) is 0 Å². The minimum atomic E-state index is -0.214. The number of anilines is 1. The molecular formula is C23H21BrFNO. The number of benzene rings is 3. The van der Waals surface area contributed by atoms with Crippen molar-refractivity contribution in [2.24, 2.45) is 0 Å². The van der Waals surface area contributed by atoms with Crippen LogP contribution in [0.2, 0.25) is 0 Å². The zero-order valence-corrected chi connectivity index (χ0v) is 16.9. The van der Waals surface area contributed by atoms with Crippen molar-refractivity contribution in [3.63, 3.8) is 0 Å². The van der Waals surface area contributed by atoms with Crippen molar-refractivity contribution in [1.29, 1.82) is 0 Å². The van der Waals surface area contributed by atoms with Gasteiger partial charge in [0.1, 0.15) is 11.6 Å². The molecule has 0 N–H and O–H groups in total. The lowest BCUT2D eigenvalue weighted by atomic mass is 9.85. The Bertz CT molecular complexity index is 940. The van der Waals surface area contributed by atoms with Gasteiger partial charge in [0.25, 0.3) is 0 Å². The van der Waals surface area contributed by atoms with E-state index in [4.69, 9.17) is 4.74 Å². The van der Waals surface area contributed by atoms with Gasteiger partial charge in [0.05, 0.1) is 19.2 Å². The van der Waals surface area contributed by atoms with Crippen molar-refractivity contribution in [2.45, 2.75) is 25.4 Å². The molecule has 138 valence electrons. The maximum atomic E-state index is 13.5. The quantitative estimate of drug-likeness (QED) is 0.477. The number of methoxy groups -OCH3 is 1. The predicted molar refractivity (Wildman–Crippen MR) is 111 cm³/mol. The van der Waals surface area contributed by atoms with Gasteiger partial charge in [-0.25, -0.2) is 4.39 Å². The topological polar surface area (TPSA) is 12.5 Å². The van der Waals surface area contributed by atoms with Crippen LogP contribution in [-0.2, 0) is 6.42 Å². The Morgan fingerprint density at radius 3 is 2.37 bits per heavy atom. The first-order valence-corrected chi connectivity index (χ1v) is 9.82. The lowest BCUT2D eigenvalue weighted by Gasteiger charge is -2.44. The molecule has 0 fully saturated rings. The molecule has 0 radical (unpaired) electrons. The van der Waals surface area contributed by atoms with Crippen LogP contribution in [0.1, 0.15) is 35.7 Å². The zero-order valence-electron chi connectivity index (χ0n) is 15.3. The van der Waals surface area contributed by atoms with Crippen LogP contribution >= 0.6 is 15.9 Å². The summed E-state index contributed by atoms with van der Waals surface area (Å²) in [4.78, 5) is 2.39. The minimum Gasteiger partial charge on any atom is -0.497 e. The van der Waals surface area contributed by atoms with E-state index in [0.717, 1.165) is 22.3 Å². The highest BCUT2D eigenvalue weighted by Gasteiger charge is 2.33. The molecule has 0 saturated heterocycles. The Morgan fingerprint density at radius 1 is 1.00 bits per heavy atom. The molecule has 2 atom stereocenters. The van der Waals surface area contributed by atoms with Crippen LogP contribution < -0.4 is 9.64 Å². The third-order valence-corrected chi connectivity index (χ3v) is 5.87. The molecule has 0 saturated carbocycles. The van der Waals surface area contributed by atoms with Crippen LogP contribution in [0, 0.1) is 5.82 Å². The monoisotopic (exact) mass is 425 g/mol. The molecule has 2 unspecified atom stereocenters. The average molecular weight is 426 g/mol. The molecule has 0 aromatic heterocycles. The van der Waals surface area contributed by atoms with Crippen molar-refractivity contribution >= 4 is 21.6 Å². The Labute approximate surface area is 167 Å². The van der Waals surface area contributed by atoms with E-state index < -0.39 is 0 Å². The molecule has 0 spiro atoms. The van der Waals surface area contributed by atoms with Crippen LogP contribution in [0.3, 0.4) is 0 Å². The van der Waals surface area contributed by atoms with Gasteiger partial charge in [0.2, 0.25) is 0 Å². The summed E-state index contributed by atoms with van der Waals surface area (Å²) in [5.74, 6) is 0.666. The molecule has 1 aliphatic rings. The molecule has 27 heavy (non-hydrogen) atoms. The fraction of sp³-hybridized carbons (Fsp3) is 0.217. The van der Waals surface area contributed by atoms with E-state index in [1.807, 2.05) is 18.2 Å². The lowest BCUT2D eigenvalue weighted by Crippen LogP contribution is -2.37. The van der Waals surface area contributed by atoms with Gasteiger partial charge in [-0.3, -0.25) is 0 Å². The van der Waals surface area contributed by atoms with Crippen molar-refractivity contribution in [3.8, 4) is 5.75 Å². The largest absolute Gasteiger partial charge is 0.497 e. The van der Waals surface area contributed by atoms with Gasteiger partial charge < -0.3 is 9.64 Å². The van der Waals surface area contributed by atoms with Crippen LogP contribution in [0.25, 0.3) is 0 Å². The first-order chi connectivity index (χ1) is 13.1. The van der Waals surface area contributed by atoms with Crippen molar-refractivity contribution in [1.82, 2.24) is 0 Å². The second-order valence-corrected chi connectivity index (χ2v) is 7.81. The summed E-state index contributed by atoms with van der Waals surface area (Å²) in [6, 6.07) is 21.9. The number of ether oxygens (including phenoxy) is 1. The Hall–Kier alpha value is -2.33. The van der Waals surface area contributed by atoms with Crippen molar-refractivity contribution < 1.29 is 9.13 Å². The number of rotatable bonds is 3. The SMILES string of the molecule is COc1ccc2c(c1)CC(c1ccc(Br)cc1)N(c1ccc(F)cc1)C2C. The molecule has 1 heterocycles. The standard InChI is InChI=1S/C23H21BrFNO/c1-15-22-12-11-21(27-2)13-17(22)14-23(16-3-5-18(24)6-4-16)26(15)20-9-7-19(25)8-10-20/h3-13,15,23H,14H2,1-2H3. The summed E-state index contributed by atoms with van der Waals surface area (Å²) in [7, 11) is 1.70. The molecule has 1 aliphatic heterocycles. The van der Waals surface area contributed by atoms with Crippen LogP contribution in [0.15, 0.2) is 71.2 Å². The third-order valence-electron chi connectivity index (χ3n) is 5.35. The van der Waals surface area contributed by atoms with Crippen LogP contribution in [-0.4, -0.2) is 7.11 Å². The van der Waals surface area contributed by atoms with E-state index >= 15 is 0 Å². The Kier molecular flexibility index (Phi) is 4.92. The van der Waals surface area contributed by atoms with E-state index in [1.165, 1.54) is 28.8 Å². The Balaban J connectivity index is 1.83. The molecule has 0 aliphatic carbocycles. The highest BCUT2D eigenvalue weighted by atomic mass is 79.9. The first-order valence-electron chi connectivity index (χ1n) is 9.03. The van der Waals surface area contributed by atoms with Gasteiger partial charge in [-0.15, -0.1) is 0 Å². The van der Waals surface area contributed by atoms with E-state index in [9.17, 15) is 4.39 Å². The maximum Gasteiger partial charge on any atom is 0.123 e. The van der Waals surface area contributed by atoms with E-state index in [-0.39, 0.29) is 17.9 Å². The van der Waals surface area contributed by atoms with Crippen LogP contribution in [0.4, 0.5) is 10.1 Å². The van der Waals surface area contributed by atoms with E-state index in [0.29, 0.717) is 0 Å². The Morgan fingerprint density at radius 2 is 1.70 bits per heavy atom. The molecule has 3 aromatic rings. The molecule has 0 bridgehead atoms. The number of hydrogen-bond donors (Lipinski definition) is 0. The normalized spacial score (nSPS) is 18.9. The van der Waals surface area contributed by atoms with Crippen molar-refractivity contribution in [3.05, 3.63) is 93.7 Å². The van der Waals surface area contributed by atoms with E-state index in [2.05, 4.69) is 64.2 Å². The first kappa shape index (κ1) is 18.1. The lowest BCUT2D eigenvalue weighted by molar-refractivity contribution is 0.412. The van der Waals surface area contributed by atoms with E-state index in [1.54, 1.807) is 7.11 Å². The highest BCUT2D eigenvalue weighted by Crippen LogP contribution is 2.44. The van der Waals surface area contributed by atoms with Gasteiger partial charge in [-0.1, -0.05) is 34.1 Å². The number of hydrogen-bond acceptors (Lipinski definition) is 2. The fourth-order valence-corrected chi connectivity index (χ4v) is 4.26. The number of nitrogens with zero attached hydrogens (tertiary/aromatic N) is 1. The van der Waals surface area contributed by atoms with Gasteiger partial charge in [0.15, 0.2) is 0 Å². The predicted octanol–water partition coefficient (Wildman–Crippen LogP) is 6.46. The third kappa shape index (κ3) is 3.46. The maximum absolute atomic E-state index is 13.5. The zero-order chi connectivity index (χ0) is 19.0. The molecular weight excluding hydrogens is 405 g/mol. The highest BCUT2D eigenvalue weighted by molar-refractivity contribution is 9.10. The fourth-order valence-electron chi connectivity index (χ4n) is 4.00. The summed E-state index contributed by atoms with van der Waals surface area (Å²) >= 11 is 3.52. The summed E-state index contributed by atoms with van der Waals surface area (Å²) in [6.07, 6.45) is 0.871. The van der Waals surface area contributed by atoms with Crippen LogP contribution in [0.5, 0.6) is 5.75 Å². The van der Waals surface area contributed by atoms with Gasteiger partial charge >= 0.3 is 0 Å². The number of fused-ring (bicyclic) bond motifs is 1. The number of halogens is 2. The second-order valence-electron chi connectivity index (χ2n) is 6.90. The molecule has 4 heteroatoms. The van der Waals surface area contributed by atoms with Crippen molar-refractivity contribution in [2.75, 3.05) is 12.0 Å². The summed E-state index contributed by atoms with van der Waals surface area (Å²) in [5.41, 5.74) is 4.85. The second kappa shape index (κ2) is 7.35. The minimum absolute atomic E-state index is 0.165. The average Bonchev–Trinajstić information content (AvgIpc) is 2.69. The summed E-state index contributed by atoms with van der Waals surface area (Å²) in [6.45, 7) is 2.21. The smallest absolute Gasteiger partial charge is 0.123 e. The summed E-state index contributed by atoms with van der Waals surface area (Å²) in [5, 5.41) is 0.